The van der Waals surface area contributed by atoms with Gasteiger partial charge in [0.2, 0.25) is 0 Å². The molecule has 1 saturated heterocycles. The molecule has 2 aliphatic carbocycles. The van der Waals surface area contributed by atoms with E-state index in [0.29, 0.717) is 5.92 Å². The molecule has 80 valence electrons. The highest BCUT2D eigenvalue weighted by Gasteiger charge is 2.65. The van der Waals surface area contributed by atoms with Gasteiger partial charge < -0.3 is 10.5 Å². The number of rotatable bonds is 1. The van der Waals surface area contributed by atoms with Crippen molar-refractivity contribution in [2.45, 2.75) is 44.1 Å². The molecular formula is C12H21NO. The molecule has 3 fully saturated rings. The van der Waals surface area contributed by atoms with Crippen LogP contribution >= 0.6 is 0 Å². The molecule has 1 heterocycles. The monoisotopic (exact) mass is 195 g/mol. The summed E-state index contributed by atoms with van der Waals surface area (Å²) in [7, 11) is 0. The van der Waals surface area contributed by atoms with Gasteiger partial charge in [0.1, 0.15) is 0 Å². The van der Waals surface area contributed by atoms with Gasteiger partial charge in [-0.25, -0.2) is 0 Å². The Morgan fingerprint density at radius 3 is 2.29 bits per heavy atom. The minimum absolute atomic E-state index is 0.191. The largest absolute Gasteiger partial charge is 0.381 e. The fourth-order valence-electron chi connectivity index (χ4n) is 3.96. The molecule has 0 aromatic rings. The van der Waals surface area contributed by atoms with Crippen molar-refractivity contribution in [3.8, 4) is 0 Å². The van der Waals surface area contributed by atoms with Gasteiger partial charge in [0, 0.05) is 18.1 Å². The lowest BCUT2D eigenvalue weighted by Gasteiger charge is -2.29. The Balaban J connectivity index is 1.71. The molecule has 3 atom stereocenters. The predicted molar refractivity (Wildman–Crippen MR) is 55.9 cm³/mol. The summed E-state index contributed by atoms with van der Waals surface area (Å²) in [6, 6.07) is 0. The van der Waals surface area contributed by atoms with Crippen LogP contribution in [0.4, 0.5) is 0 Å². The first-order valence-electron chi connectivity index (χ1n) is 6.20. The highest BCUT2D eigenvalue weighted by Crippen LogP contribution is 2.61. The van der Waals surface area contributed by atoms with E-state index in [1.54, 1.807) is 0 Å². The maximum Gasteiger partial charge on any atom is 0.0512 e. The summed E-state index contributed by atoms with van der Waals surface area (Å²) in [5, 5.41) is 0. The van der Waals surface area contributed by atoms with E-state index in [1.165, 1.54) is 38.5 Å². The molecule has 3 aliphatic rings. The van der Waals surface area contributed by atoms with Crippen molar-refractivity contribution in [1.82, 2.24) is 0 Å². The molecule has 2 heteroatoms. The van der Waals surface area contributed by atoms with E-state index in [4.69, 9.17) is 10.5 Å². The second kappa shape index (κ2) is 3.21. The van der Waals surface area contributed by atoms with E-state index in [1.807, 2.05) is 0 Å². The molecule has 2 N–H and O–H groups in total. The van der Waals surface area contributed by atoms with Crippen LogP contribution in [-0.2, 0) is 4.74 Å². The average Bonchev–Trinajstić information content (AvgIpc) is 2.89. The third-order valence-electron chi connectivity index (χ3n) is 4.81. The normalized spacial score (nSPS) is 52.5. The van der Waals surface area contributed by atoms with E-state index < -0.39 is 0 Å². The summed E-state index contributed by atoms with van der Waals surface area (Å²) >= 11 is 0. The number of hydrogen-bond donors (Lipinski definition) is 1. The van der Waals surface area contributed by atoms with Gasteiger partial charge in [0.25, 0.3) is 0 Å². The van der Waals surface area contributed by atoms with E-state index in [-0.39, 0.29) is 5.54 Å². The van der Waals surface area contributed by atoms with Crippen molar-refractivity contribution in [2.24, 2.45) is 23.5 Å². The summed E-state index contributed by atoms with van der Waals surface area (Å²) in [5.41, 5.74) is 6.78. The van der Waals surface area contributed by atoms with Gasteiger partial charge in [-0.2, -0.15) is 0 Å². The van der Waals surface area contributed by atoms with Crippen LogP contribution in [0, 0.1) is 17.8 Å². The Hall–Kier alpha value is -0.0800. The predicted octanol–water partition coefficient (Wildman–Crippen LogP) is 1.93. The van der Waals surface area contributed by atoms with Crippen LogP contribution in [0.25, 0.3) is 0 Å². The maximum absolute atomic E-state index is 6.59. The minimum Gasteiger partial charge on any atom is -0.381 e. The molecule has 3 rings (SSSR count). The molecule has 0 aromatic heterocycles. The standard InChI is InChI=1S/C12H21NO/c13-12(9-4-3-7-14-8-9)10-5-1-2-6-11(10)12/h9-11H,1-8,13H2. The molecule has 0 bridgehead atoms. The van der Waals surface area contributed by atoms with Gasteiger partial charge >= 0.3 is 0 Å². The highest BCUT2D eigenvalue weighted by atomic mass is 16.5. The van der Waals surface area contributed by atoms with Crippen molar-refractivity contribution in [2.75, 3.05) is 13.2 Å². The lowest BCUT2D eigenvalue weighted by Crippen LogP contribution is -2.41. The van der Waals surface area contributed by atoms with Crippen LogP contribution in [0.1, 0.15) is 38.5 Å². The smallest absolute Gasteiger partial charge is 0.0512 e. The van der Waals surface area contributed by atoms with Crippen LogP contribution in [0.15, 0.2) is 0 Å². The average molecular weight is 195 g/mol. The summed E-state index contributed by atoms with van der Waals surface area (Å²) in [5.74, 6) is 2.37. The molecule has 0 radical (unpaired) electrons. The van der Waals surface area contributed by atoms with E-state index in [0.717, 1.165) is 25.0 Å². The van der Waals surface area contributed by atoms with Crippen molar-refractivity contribution in [1.29, 1.82) is 0 Å². The molecular weight excluding hydrogens is 174 g/mol. The van der Waals surface area contributed by atoms with Crippen molar-refractivity contribution >= 4 is 0 Å². The molecule has 2 nitrogen and oxygen atoms in total. The Morgan fingerprint density at radius 1 is 1.00 bits per heavy atom. The first-order valence-corrected chi connectivity index (χ1v) is 6.20. The van der Waals surface area contributed by atoms with Gasteiger partial charge in [-0.15, -0.1) is 0 Å². The lowest BCUT2D eigenvalue weighted by atomic mass is 9.89. The van der Waals surface area contributed by atoms with Crippen LogP contribution in [0.3, 0.4) is 0 Å². The second-order valence-corrected chi connectivity index (χ2v) is 5.41. The Kier molecular flexibility index (Phi) is 2.10. The molecule has 14 heavy (non-hydrogen) atoms. The lowest BCUT2D eigenvalue weighted by molar-refractivity contribution is 0.0363. The van der Waals surface area contributed by atoms with Crippen molar-refractivity contribution < 1.29 is 4.74 Å². The summed E-state index contributed by atoms with van der Waals surface area (Å²) in [4.78, 5) is 0. The molecule has 0 amide bonds. The summed E-state index contributed by atoms with van der Waals surface area (Å²) in [6.45, 7) is 1.89. The van der Waals surface area contributed by atoms with Gasteiger partial charge in [0.15, 0.2) is 0 Å². The Morgan fingerprint density at radius 2 is 1.71 bits per heavy atom. The van der Waals surface area contributed by atoms with E-state index >= 15 is 0 Å². The SMILES string of the molecule is NC1(C2CCCOC2)C2CCCCC21. The summed E-state index contributed by atoms with van der Waals surface area (Å²) < 4.78 is 5.57. The van der Waals surface area contributed by atoms with Gasteiger partial charge in [-0.3, -0.25) is 0 Å². The fraction of sp³-hybridized carbons (Fsp3) is 1.00. The zero-order valence-corrected chi connectivity index (χ0v) is 8.87. The summed E-state index contributed by atoms with van der Waals surface area (Å²) in [6.07, 6.45) is 8.13. The molecule has 3 unspecified atom stereocenters. The Labute approximate surface area is 86.2 Å². The quantitative estimate of drug-likeness (QED) is 0.694. The van der Waals surface area contributed by atoms with Gasteiger partial charge in [-0.05, 0) is 37.5 Å². The number of fused-ring (bicyclic) bond motifs is 1. The first-order chi connectivity index (χ1) is 6.83. The molecule has 0 spiro atoms. The number of ether oxygens (including phenoxy) is 1. The van der Waals surface area contributed by atoms with Crippen LogP contribution in [0.2, 0.25) is 0 Å². The van der Waals surface area contributed by atoms with Crippen molar-refractivity contribution in [3.63, 3.8) is 0 Å². The third kappa shape index (κ3) is 1.17. The number of hydrogen-bond acceptors (Lipinski definition) is 2. The van der Waals surface area contributed by atoms with Crippen LogP contribution < -0.4 is 5.73 Å². The third-order valence-corrected chi connectivity index (χ3v) is 4.81. The Bertz CT molecular complexity index is 210. The maximum atomic E-state index is 6.59. The topological polar surface area (TPSA) is 35.2 Å². The minimum atomic E-state index is 0.191. The fourth-order valence-corrected chi connectivity index (χ4v) is 3.96. The second-order valence-electron chi connectivity index (χ2n) is 5.41. The first kappa shape index (κ1) is 9.17. The van der Waals surface area contributed by atoms with Crippen LogP contribution in [-0.4, -0.2) is 18.8 Å². The zero-order chi connectivity index (χ0) is 9.60. The van der Waals surface area contributed by atoms with Gasteiger partial charge in [-0.1, -0.05) is 12.8 Å². The number of nitrogens with two attached hydrogens (primary N) is 1. The van der Waals surface area contributed by atoms with Gasteiger partial charge in [0.05, 0.1) is 6.61 Å². The molecule has 2 saturated carbocycles. The van der Waals surface area contributed by atoms with Crippen LogP contribution in [0.5, 0.6) is 0 Å². The zero-order valence-electron chi connectivity index (χ0n) is 8.87. The van der Waals surface area contributed by atoms with Crippen molar-refractivity contribution in [3.05, 3.63) is 0 Å². The highest BCUT2D eigenvalue weighted by molar-refractivity contribution is 5.19. The molecule has 1 aliphatic heterocycles. The molecule has 0 aromatic carbocycles. The van der Waals surface area contributed by atoms with E-state index in [9.17, 15) is 0 Å². The van der Waals surface area contributed by atoms with E-state index in [2.05, 4.69) is 0 Å².